The minimum absolute atomic E-state index is 0.216. The molecule has 0 fully saturated rings. The molecule has 0 amide bonds. The number of rotatable bonds is 3. The van der Waals surface area contributed by atoms with Crippen LogP contribution < -0.4 is 4.74 Å². The zero-order valence-electron chi connectivity index (χ0n) is 8.46. The van der Waals surface area contributed by atoms with Gasteiger partial charge < -0.3 is 9.84 Å². The molecule has 0 saturated carbocycles. The largest absolute Gasteiger partial charge is 0.478 e. The molecule has 0 saturated heterocycles. The van der Waals surface area contributed by atoms with Gasteiger partial charge in [-0.15, -0.1) is 0 Å². The van der Waals surface area contributed by atoms with Crippen LogP contribution in [0.1, 0.15) is 10.4 Å². The molecule has 3 heteroatoms. The molecule has 2 aromatic rings. The Bertz CT molecular complexity index is 492. The Morgan fingerprint density at radius 2 is 1.62 bits per heavy atom. The van der Waals surface area contributed by atoms with Crippen molar-refractivity contribution in [2.75, 3.05) is 0 Å². The van der Waals surface area contributed by atoms with E-state index in [2.05, 4.69) is 0 Å². The summed E-state index contributed by atoms with van der Waals surface area (Å²) in [7, 11) is 0. The van der Waals surface area contributed by atoms with Crippen molar-refractivity contribution in [3.8, 4) is 11.5 Å². The van der Waals surface area contributed by atoms with Crippen molar-refractivity contribution in [2.45, 2.75) is 0 Å². The molecule has 0 aliphatic heterocycles. The van der Waals surface area contributed by atoms with Gasteiger partial charge in [-0.05, 0) is 30.3 Å². The summed E-state index contributed by atoms with van der Waals surface area (Å²) in [6.45, 7) is 0. The van der Waals surface area contributed by atoms with Crippen molar-refractivity contribution >= 4 is 5.97 Å². The number of carboxylic acids is 1. The molecule has 80 valence electrons. The molecule has 0 radical (unpaired) electrons. The Hall–Kier alpha value is -2.29. The molecule has 0 atom stereocenters. The number of hydrogen-bond acceptors (Lipinski definition) is 2. The van der Waals surface area contributed by atoms with Crippen LogP contribution in [-0.4, -0.2) is 11.1 Å². The van der Waals surface area contributed by atoms with E-state index >= 15 is 0 Å². The minimum atomic E-state index is -0.960. The van der Waals surface area contributed by atoms with Crippen molar-refractivity contribution in [1.29, 1.82) is 0 Å². The average molecular weight is 220 g/mol. The molecule has 16 heavy (non-hydrogen) atoms. The van der Waals surface area contributed by atoms with E-state index in [0.717, 1.165) is 0 Å². The number of carbonyl (C=O) groups is 1. The highest BCUT2D eigenvalue weighted by atomic mass is 16.6. The third-order valence-corrected chi connectivity index (χ3v) is 2.06. The lowest BCUT2D eigenvalue weighted by molar-refractivity contribution is 0.0696. The fourth-order valence-electron chi connectivity index (χ4n) is 1.32. The number of carboxylic acid groups (broad SMARTS) is 1. The predicted molar refractivity (Wildman–Crippen MR) is 59.9 cm³/mol. The van der Waals surface area contributed by atoms with Crippen LogP contribution >= 0.6 is 0 Å². The third kappa shape index (κ3) is 2.39. The second kappa shape index (κ2) is 4.49. The van der Waals surface area contributed by atoms with Gasteiger partial charge in [-0.1, -0.05) is 24.3 Å². The molecule has 0 aliphatic rings. The number of aromatic carboxylic acids is 1. The van der Waals surface area contributed by atoms with Gasteiger partial charge in [0.1, 0.15) is 11.5 Å². The fraction of sp³-hybridized carbons (Fsp3) is 0. The SMILES string of the molecule is O=C(O)c1cccc(O[13c]2[13cH][13cH][13cH][13cH][13cH]2)c1. The van der Waals surface area contributed by atoms with E-state index in [1.807, 2.05) is 30.3 Å². The van der Waals surface area contributed by atoms with Crippen LogP contribution in [0, 0.1) is 0 Å². The fourth-order valence-corrected chi connectivity index (χ4v) is 1.32. The first kappa shape index (κ1) is 10.2. The van der Waals surface area contributed by atoms with Gasteiger partial charge in [-0.3, -0.25) is 0 Å². The maximum atomic E-state index is 10.8. The van der Waals surface area contributed by atoms with Crippen LogP contribution in [0.25, 0.3) is 0 Å². The van der Waals surface area contributed by atoms with E-state index in [0.29, 0.717) is 11.5 Å². The monoisotopic (exact) mass is 220 g/mol. The number of benzene rings is 2. The molecule has 2 aromatic carbocycles. The molecule has 3 nitrogen and oxygen atoms in total. The summed E-state index contributed by atoms with van der Waals surface area (Å²) in [5, 5.41) is 8.82. The summed E-state index contributed by atoms with van der Waals surface area (Å²) in [6, 6.07) is 15.6. The van der Waals surface area contributed by atoms with Crippen molar-refractivity contribution < 1.29 is 14.6 Å². The van der Waals surface area contributed by atoms with Gasteiger partial charge in [0.2, 0.25) is 0 Å². The molecule has 0 spiro atoms. The maximum Gasteiger partial charge on any atom is 0.335 e. The van der Waals surface area contributed by atoms with Crippen molar-refractivity contribution in [3.05, 3.63) is 60.2 Å². The standard InChI is InChI=1S/C13H10O3/c14-13(15)10-5-4-8-12(9-10)16-11-6-2-1-3-7-11/h1-9H,(H,14,15)/i1+1,2+1,3+1,6+1,7+1,11+1. The number of para-hydroxylation sites is 1. The molecule has 0 aromatic heterocycles. The summed E-state index contributed by atoms with van der Waals surface area (Å²) in [4.78, 5) is 10.8. The molecular weight excluding hydrogens is 210 g/mol. The van der Waals surface area contributed by atoms with Gasteiger partial charge in [-0.2, -0.15) is 0 Å². The van der Waals surface area contributed by atoms with Crippen LogP contribution in [0.4, 0.5) is 0 Å². The quantitative estimate of drug-likeness (QED) is 0.864. The van der Waals surface area contributed by atoms with Crippen molar-refractivity contribution in [3.63, 3.8) is 0 Å². The van der Waals surface area contributed by atoms with E-state index in [-0.39, 0.29) is 5.56 Å². The minimum Gasteiger partial charge on any atom is -0.478 e. The van der Waals surface area contributed by atoms with Gasteiger partial charge in [0, 0.05) is 0 Å². The zero-order chi connectivity index (χ0) is 11.4. The summed E-state index contributed by atoms with van der Waals surface area (Å²) in [6.07, 6.45) is 0. The number of hydrogen-bond donors (Lipinski definition) is 1. The van der Waals surface area contributed by atoms with Gasteiger partial charge >= 0.3 is 5.97 Å². The Morgan fingerprint density at radius 1 is 0.938 bits per heavy atom. The van der Waals surface area contributed by atoms with Crippen LogP contribution in [-0.2, 0) is 0 Å². The predicted octanol–water partition coefficient (Wildman–Crippen LogP) is 3.18. The van der Waals surface area contributed by atoms with Crippen LogP contribution in [0.5, 0.6) is 11.5 Å². The number of ether oxygens (including phenoxy) is 1. The van der Waals surface area contributed by atoms with E-state index < -0.39 is 5.97 Å². The highest BCUT2D eigenvalue weighted by Crippen LogP contribution is 2.21. The van der Waals surface area contributed by atoms with Crippen LogP contribution in [0.15, 0.2) is 54.6 Å². The maximum absolute atomic E-state index is 10.8. The zero-order valence-corrected chi connectivity index (χ0v) is 8.46. The van der Waals surface area contributed by atoms with Gasteiger partial charge in [0.15, 0.2) is 0 Å². The first-order chi connectivity index (χ1) is 7.75. The van der Waals surface area contributed by atoms with Crippen molar-refractivity contribution in [2.24, 2.45) is 0 Å². The smallest absolute Gasteiger partial charge is 0.335 e. The normalized spacial score (nSPS) is 9.75. The summed E-state index contributed by atoms with van der Waals surface area (Å²) >= 11 is 0. The Morgan fingerprint density at radius 3 is 2.31 bits per heavy atom. The van der Waals surface area contributed by atoms with E-state index in [9.17, 15) is 4.79 Å². The Balaban J connectivity index is 2.22. The molecule has 0 aliphatic carbocycles. The van der Waals surface area contributed by atoms with Crippen LogP contribution in [0.2, 0.25) is 0 Å². The molecule has 0 bridgehead atoms. The first-order valence-corrected chi connectivity index (χ1v) is 4.82. The molecule has 1 N–H and O–H groups in total. The van der Waals surface area contributed by atoms with Gasteiger partial charge in [0.25, 0.3) is 0 Å². The highest BCUT2D eigenvalue weighted by molar-refractivity contribution is 5.88. The summed E-state index contributed by atoms with van der Waals surface area (Å²) < 4.78 is 5.51. The van der Waals surface area contributed by atoms with E-state index in [4.69, 9.17) is 9.84 Å². The molecule has 0 heterocycles. The lowest BCUT2D eigenvalue weighted by atomic mass is 10.2. The van der Waals surface area contributed by atoms with E-state index in [1.54, 1.807) is 12.1 Å². The molecular formula is C13H10O3. The lowest BCUT2D eigenvalue weighted by Crippen LogP contribution is -1.95. The first-order valence-electron chi connectivity index (χ1n) is 4.82. The average Bonchev–Trinajstić information content (AvgIpc) is 2.30. The second-order valence-electron chi connectivity index (χ2n) is 3.25. The lowest BCUT2D eigenvalue weighted by Gasteiger charge is -2.05. The third-order valence-electron chi connectivity index (χ3n) is 2.06. The molecule has 2 rings (SSSR count). The Kier molecular flexibility index (Phi) is 2.87. The Labute approximate surface area is 92.9 Å². The highest BCUT2D eigenvalue weighted by Gasteiger charge is 2.04. The summed E-state index contributed by atoms with van der Waals surface area (Å²) in [5.74, 6) is 0.245. The molecule has 0 unspecified atom stereocenters. The summed E-state index contributed by atoms with van der Waals surface area (Å²) in [5.41, 5.74) is 0.216. The van der Waals surface area contributed by atoms with Gasteiger partial charge in [0.05, 0.1) is 5.56 Å². The topological polar surface area (TPSA) is 46.5 Å². The van der Waals surface area contributed by atoms with E-state index in [1.165, 1.54) is 12.1 Å². The van der Waals surface area contributed by atoms with Gasteiger partial charge in [-0.25, -0.2) is 4.79 Å². The van der Waals surface area contributed by atoms with Crippen molar-refractivity contribution in [1.82, 2.24) is 0 Å². The second-order valence-corrected chi connectivity index (χ2v) is 3.25. The van der Waals surface area contributed by atoms with Crippen LogP contribution in [0.3, 0.4) is 0 Å².